The summed E-state index contributed by atoms with van der Waals surface area (Å²) in [4.78, 5) is 10.7. The molecular formula is C17H27F3IN5. The lowest BCUT2D eigenvalue weighted by molar-refractivity contribution is -0.132. The highest BCUT2D eigenvalue weighted by Crippen LogP contribution is 2.19. The van der Waals surface area contributed by atoms with Crippen molar-refractivity contribution in [2.75, 3.05) is 31.6 Å². The molecule has 1 fully saturated rings. The van der Waals surface area contributed by atoms with Gasteiger partial charge >= 0.3 is 6.18 Å². The van der Waals surface area contributed by atoms with Crippen LogP contribution in [-0.4, -0.2) is 43.8 Å². The molecule has 1 saturated heterocycles. The van der Waals surface area contributed by atoms with Crippen LogP contribution >= 0.6 is 24.0 Å². The molecule has 2 rings (SSSR count). The second-order valence-electron chi connectivity index (χ2n) is 6.14. The molecule has 5 nitrogen and oxygen atoms in total. The second kappa shape index (κ2) is 11.5. The van der Waals surface area contributed by atoms with Gasteiger partial charge in [0.25, 0.3) is 0 Å². The monoisotopic (exact) mass is 485 g/mol. The predicted molar refractivity (Wildman–Crippen MR) is 109 cm³/mol. The lowest BCUT2D eigenvalue weighted by Crippen LogP contribution is -2.38. The summed E-state index contributed by atoms with van der Waals surface area (Å²) in [6.07, 6.45) is 1.60. The summed E-state index contributed by atoms with van der Waals surface area (Å²) < 4.78 is 36.6. The van der Waals surface area contributed by atoms with Crippen LogP contribution in [0.25, 0.3) is 0 Å². The molecule has 1 aliphatic heterocycles. The van der Waals surface area contributed by atoms with E-state index in [1.54, 1.807) is 6.20 Å². The van der Waals surface area contributed by atoms with Gasteiger partial charge in [-0.15, -0.1) is 24.0 Å². The van der Waals surface area contributed by atoms with Gasteiger partial charge in [0.2, 0.25) is 0 Å². The molecule has 0 saturated carbocycles. The summed E-state index contributed by atoms with van der Waals surface area (Å²) in [6, 6.07) is 3.93. The van der Waals surface area contributed by atoms with Crippen LogP contribution in [0.4, 0.5) is 19.0 Å². The van der Waals surface area contributed by atoms with Crippen LogP contribution in [0.3, 0.4) is 0 Å². The van der Waals surface area contributed by atoms with Gasteiger partial charge < -0.3 is 15.5 Å². The number of hydrogen-bond donors (Lipinski definition) is 2. The molecule has 1 aliphatic rings. The van der Waals surface area contributed by atoms with Gasteiger partial charge in [0, 0.05) is 39.4 Å². The van der Waals surface area contributed by atoms with Crippen molar-refractivity contribution in [1.29, 1.82) is 0 Å². The Labute approximate surface area is 169 Å². The van der Waals surface area contributed by atoms with Gasteiger partial charge in [0.05, 0.1) is 6.42 Å². The van der Waals surface area contributed by atoms with E-state index in [0.717, 1.165) is 24.5 Å². The predicted octanol–water partition coefficient (Wildman–Crippen LogP) is 3.70. The standard InChI is InChI=1S/C17H26F3N5.HI/c1-21-16(23-9-7-17(18,19)20)24-13-14-6-8-22-15(12-14)25-10-4-2-3-5-11-25;/h6,8,12H,2-5,7,9-11,13H2,1H3,(H2,21,23,24);1H. The van der Waals surface area contributed by atoms with E-state index in [1.807, 2.05) is 12.1 Å². The number of aliphatic imine (C=N–C) groups is 1. The lowest BCUT2D eigenvalue weighted by atomic mass is 10.2. The molecule has 0 aromatic carbocycles. The van der Waals surface area contributed by atoms with Crippen LogP contribution in [0.15, 0.2) is 23.3 Å². The number of hydrogen-bond acceptors (Lipinski definition) is 3. The zero-order valence-electron chi connectivity index (χ0n) is 15.0. The van der Waals surface area contributed by atoms with Gasteiger partial charge in [-0.3, -0.25) is 4.99 Å². The lowest BCUT2D eigenvalue weighted by Gasteiger charge is -2.22. The molecule has 0 bridgehead atoms. The van der Waals surface area contributed by atoms with E-state index >= 15 is 0 Å². The Bertz CT molecular complexity index is 558. The topological polar surface area (TPSA) is 52.6 Å². The van der Waals surface area contributed by atoms with Crippen LogP contribution in [0.2, 0.25) is 0 Å². The normalized spacial score (nSPS) is 15.8. The Morgan fingerprint density at radius 2 is 1.88 bits per heavy atom. The molecule has 1 aromatic rings. The Hall–Kier alpha value is -1.26. The minimum Gasteiger partial charge on any atom is -0.357 e. The number of rotatable bonds is 5. The van der Waals surface area contributed by atoms with Gasteiger partial charge in [0.1, 0.15) is 5.82 Å². The van der Waals surface area contributed by atoms with Crippen molar-refractivity contribution in [3.63, 3.8) is 0 Å². The van der Waals surface area contributed by atoms with Crippen LogP contribution in [0.5, 0.6) is 0 Å². The average molecular weight is 485 g/mol. The molecule has 0 atom stereocenters. The summed E-state index contributed by atoms with van der Waals surface area (Å²) >= 11 is 0. The number of pyridine rings is 1. The van der Waals surface area contributed by atoms with Crippen molar-refractivity contribution in [2.45, 2.75) is 44.8 Å². The molecule has 0 aliphatic carbocycles. The van der Waals surface area contributed by atoms with E-state index in [4.69, 9.17) is 0 Å². The Morgan fingerprint density at radius 1 is 1.19 bits per heavy atom. The Balaban J connectivity index is 0.00000338. The molecule has 0 amide bonds. The number of aromatic nitrogens is 1. The van der Waals surface area contributed by atoms with Gasteiger partial charge in [-0.05, 0) is 30.5 Å². The zero-order chi connectivity index (χ0) is 18.1. The molecule has 2 N–H and O–H groups in total. The summed E-state index contributed by atoms with van der Waals surface area (Å²) in [5, 5.41) is 5.72. The van der Waals surface area contributed by atoms with Crippen LogP contribution in [0.1, 0.15) is 37.7 Å². The van der Waals surface area contributed by atoms with E-state index in [1.165, 1.54) is 32.7 Å². The highest BCUT2D eigenvalue weighted by Gasteiger charge is 2.26. The number of halogens is 4. The van der Waals surface area contributed by atoms with Crippen molar-refractivity contribution in [1.82, 2.24) is 15.6 Å². The van der Waals surface area contributed by atoms with Crippen LogP contribution < -0.4 is 15.5 Å². The van der Waals surface area contributed by atoms with E-state index in [0.29, 0.717) is 12.5 Å². The molecule has 148 valence electrons. The van der Waals surface area contributed by atoms with Crippen molar-refractivity contribution in [2.24, 2.45) is 4.99 Å². The summed E-state index contributed by atoms with van der Waals surface area (Å²) in [6.45, 7) is 2.32. The number of nitrogens with one attached hydrogen (secondary N) is 2. The Kier molecular flexibility index (Phi) is 10.0. The van der Waals surface area contributed by atoms with E-state index in [2.05, 4.69) is 25.5 Å². The van der Waals surface area contributed by atoms with Crippen LogP contribution in [0, 0.1) is 0 Å². The highest BCUT2D eigenvalue weighted by atomic mass is 127. The zero-order valence-corrected chi connectivity index (χ0v) is 17.3. The van der Waals surface area contributed by atoms with Gasteiger partial charge in [-0.25, -0.2) is 4.98 Å². The molecule has 26 heavy (non-hydrogen) atoms. The maximum atomic E-state index is 12.2. The fraction of sp³-hybridized carbons (Fsp3) is 0.647. The van der Waals surface area contributed by atoms with E-state index < -0.39 is 12.6 Å². The van der Waals surface area contributed by atoms with Gasteiger partial charge in [-0.1, -0.05) is 12.8 Å². The minimum absolute atomic E-state index is 0. The molecule has 1 aromatic heterocycles. The number of nitrogens with zero attached hydrogens (tertiary/aromatic N) is 3. The molecule has 0 spiro atoms. The smallest absolute Gasteiger partial charge is 0.357 e. The first-order valence-electron chi connectivity index (χ1n) is 8.69. The quantitative estimate of drug-likeness (QED) is 0.380. The second-order valence-corrected chi connectivity index (χ2v) is 6.14. The first-order valence-corrected chi connectivity index (χ1v) is 8.69. The third-order valence-electron chi connectivity index (χ3n) is 4.12. The fourth-order valence-corrected chi connectivity index (χ4v) is 2.77. The number of guanidine groups is 1. The summed E-state index contributed by atoms with van der Waals surface area (Å²) in [5.41, 5.74) is 1.02. The molecular weight excluding hydrogens is 458 g/mol. The molecule has 2 heterocycles. The Morgan fingerprint density at radius 3 is 2.50 bits per heavy atom. The first kappa shape index (κ1) is 22.8. The van der Waals surface area contributed by atoms with Gasteiger partial charge in [0.15, 0.2) is 5.96 Å². The average Bonchev–Trinajstić information content (AvgIpc) is 2.86. The van der Waals surface area contributed by atoms with E-state index in [-0.39, 0.29) is 30.5 Å². The van der Waals surface area contributed by atoms with Gasteiger partial charge in [-0.2, -0.15) is 13.2 Å². The maximum absolute atomic E-state index is 12.2. The maximum Gasteiger partial charge on any atom is 0.390 e. The third-order valence-corrected chi connectivity index (χ3v) is 4.12. The fourth-order valence-electron chi connectivity index (χ4n) is 2.77. The van der Waals surface area contributed by atoms with Crippen LogP contribution in [-0.2, 0) is 6.54 Å². The minimum atomic E-state index is -4.17. The van der Waals surface area contributed by atoms with Crippen molar-refractivity contribution < 1.29 is 13.2 Å². The summed E-state index contributed by atoms with van der Waals surface area (Å²) in [7, 11) is 1.54. The highest BCUT2D eigenvalue weighted by molar-refractivity contribution is 14.0. The first-order chi connectivity index (χ1) is 12.0. The number of anilines is 1. The van der Waals surface area contributed by atoms with Crippen molar-refractivity contribution in [3.05, 3.63) is 23.9 Å². The molecule has 0 radical (unpaired) electrons. The largest absolute Gasteiger partial charge is 0.390 e. The third kappa shape index (κ3) is 8.41. The molecule has 9 heteroatoms. The summed E-state index contributed by atoms with van der Waals surface area (Å²) in [5.74, 6) is 1.32. The van der Waals surface area contributed by atoms with Crippen molar-refractivity contribution in [3.8, 4) is 0 Å². The SMILES string of the molecule is CN=C(NCCC(F)(F)F)NCc1ccnc(N2CCCCCC2)c1.I. The molecule has 0 unspecified atom stereocenters. The van der Waals surface area contributed by atoms with Crippen molar-refractivity contribution >= 4 is 35.8 Å². The number of alkyl halides is 3. The van der Waals surface area contributed by atoms with E-state index in [9.17, 15) is 13.2 Å².